The molecule has 1 heterocycles. The highest BCUT2D eigenvalue weighted by atomic mass is 32.2. The van der Waals surface area contributed by atoms with Crippen LogP contribution in [0.1, 0.15) is 5.56 Å². The van der Waals surface area contributed by atoms with Gasteiger partial charge in [0.25, 0.3) is 0 Å². The summed E-state index contributed by atoms with van der Waals surface area (Å²) >= 11 is 2.70. The van der Waals surface area contributed by atoms with Crippen molar-refractivity contribution >= 4 is 35.2 Å². The molecule has 18 heteroatoms. The fourth-order valence-electron chi connectivity index (χ4n) is 4.84. The van der Waals surface area contributed by atoms with Gasteiger partial charge >= 0.3 is 0 Å². The van der Waals surface area contributed by atoms with Crippen molar-refractivity contribution < 1.29 is 56.8 Å². The van der Waals surface area contributed by atoms with E-state index in [-0.39, 0.29) is 0 Å². The zero-order valence-corrected chi connectivity index (χ0v) is 36.8. The minimum absolute atomic E-state index is 0.309. The molecule has 330 valence electrons. The summed E-state index contributed by atoms with van der Waals surface area (Å²) in [5.74, 6) is 2.71. The van der Waals surface area contributed by atoms with E-state index in [9.17, 15) is 0 Å². The fourth-order valence-corrected chi connectivity index (χ4v) is 6.49. The van der Waals surface area contributed by atoms with Crippen LogP contribution in [0.2, 0.25) is 0 Å². The average molecular weight is 875 g/mol. The summed E-state index contributed by atoms with van der Waals surface area (Å²) < 4.78 is 67.1. The number of benzene rings is 3. The van der Waals surface area contributed by atoms with Crippen molar-refractivity contribution in [1.82, 2.24) is 15.0 Å². The molecule has 0 fully saturated rings. The van der Waals surface area contributed by atoms with E-state index in [1.807, 2.05) is 67.6 Å². The van der Waals surface area contributed by atoms with E-state index in [0.29, 0.717) is 145 Å². The maximum atomic E-state index is 6.23. The van der Waals surface area contributed by atoms with Crippen LogP contribution in [0.25, 0.3) is 0 Å². The largest absolute Gasteiger partial charge is 0.491 e. The van der Waals surface area contributed by atoms with Crippen LogP contribution in [0.5, 0.6) is 23.0 Å². The molecule has 0 atom stereocenters. The Hall–Kier alpha value is -3.95. The van der Waals surface area contributed by atoms with Crippen LogP contribution in [0, 0.1) is 6.92 Å². The number of rotatable bonds is 34. The van der Waals surface area contributed by atoms with Gasteiger partial charge in [-0.05, 0) is 72.9 Å². The molecular weight excluding hydrogens is 817 g/mol. The summed E-state index contributed by atoms with van der Waals surface area (Å²) in [7, 11) is 6.54. The number of nitrogens with one attached hydrogen (secondary N) is 1. The van der Waals surface area contributed by atoms with E-state index < -0.39 is 0 Å². The highest BCUT2D eigenvalue weighted by Crippen LogP contribution is 2.39. The Bertz CT molecular complexity index is 1760. The van der Waals surface area contributed by atoms with E-state index in [2.05, 4.69) is 5.32 Å². The Kier molecular flexibility index (Phi) is 24.5. The molecule has 1 N–H and O–H groups in total. The number of aryl methyl sites for hydroxylation is 1. The number of ether oxygens (including phenoxy) is 12. The number of hydrogen-bond donors (Lipinski definition) is 1. The average Bonchev–Trinajstić information content (AvgIpc) is 3.25. The molecule has 0 aliphatic heterocycles. The van der Waals surface area contributed by atoms with Gasteiger partial charge in [0.1, 0.15) is 37.9 Å². The molecule has 0 saturated carbocycles. The van der Waals surface area contributed by atoms with Crippen LogP contribution in [0.3, 0.4) is 0 Å². The molecule has 16 nitrogen and oxygen atoms in total. The first-order valence-electron chi connectivity index (χ1n) is 19.5. The molecule has 0 aliphatic carbocycles. The van der Waals surface area contributed by atoms with E-state index in [4.69, 9.17) is 71.8 Å². The second kappa shape index (κ2) is 30.1. The summed E-state index contributed by atoms with van der Waals surface area (Å²) in [6.45, 7) is 8.86. The van der Waals surface area contributed by atoms with Crippen LogP contribution < -0.4 is 24.3 Å². The van der Waals surface area contributed by atoms with Crippen molar-refractivity contribution in [3.8, 4) is 23.0 Å². The van der Waals surface area contributed by atoms with Gasteiger partial charge in [-0.2, -0.15) is 15.0 Å². The molecule has 0 saturated heterocycles. The van der Waals surface area contributed by atoms with E-state index in [0.717, 1.165) is 21.0 Å². The van der Waals surface area contributed by atoms with Crippen LogP contribution >= 0.6 is 23.5 Å². The zero-order valence-electron chi connectivity index (χ0n) is 35.1. The molecular formula is C42H58N4O12S2. The first-order chi connectivity index (χ1) is 29.5. The summed E-state index contributed by atoms with van der Waals surface area (Å²) in [5.41, 5.74) is 1.97. The van der Waals surface area contributed by atoms with Gasteiger partial charge in [-0.1, -0.05) is 17.7 Å². The van der Waals surface area contributed by atoms with Crippen LogP contribution in [-0.2, 0) is 37.9 Å². The molecule has 60 heavy (non-hydrogen) atoms. The second-order valence-electron chi connectivity index (χ2n) is 12.5. The molecule has 4 aromatic rings. The highest BCUT2D eigenvalue weighted by Gasteiger charge is 2.16. The third-order valence-electron chi connectivity index (χ3n) is 7.82. The standard InChI is InChI=1S/C42H58N4O12S2/c1-32-6-8-33(9-7-32)43-40-44-41(59-35-11-12-36(56-27-23-52-19-15-48-3)37(31-35)57-28-24-53-20-16-49-4)46-42(45-40)60-39-13-10-34(55-26-22-51-18-14-47-2)30-38(39)58-29-25-54-21-17-50-5/h6-13,30-31H,14-29H2,1-5H3,(H,43,44,45,46). The van der Waals surface area contributed by atoms with E-state index >= 15 is 0 Å². The molecule has 0 unspecified atom stereocenters. The normalized spacial score (nSPS) is 11.2. The van der Waals surface area contributed by atoms with E-state index in [1.54, 1.807) is 28.4 Å². The topological polar surface area (TPSA) is 161 Å². The third kappa shape index (κ3) is 19.6. The summed E-state index contributed by atoms with van der Waals surface area (Å²) in [6, 6.07) is 19.3. The van der Waals surface area contributed by atoms with Crippen molar-refractivity contribution in [1.29, 1.82) is 0 Å². The van der Waals surface area contributed by atoms with Gasteiger partial charge in [-0.25, -0.2) is 0 Å². The maximum absolute atomic E-state index is 6.23. The number of aromatic nitrogens is 3. The first-order valence-corrected chi connectivity index (χ1v) is 21.2. The third-order valence-corrected chi connectivity index (χ3v) is 9.60. The molecule has 0 amide bonds. The molecule has 0 bridgehead atoms. The van der Waals surface area contributed by atoms with Crippen molar-refractivity contribution in [2.45, 2.75) is 27.0 Å². The van der Waals surface area contributed by atoms with Crippen molar-refractivity contribution in [3.05, 3.63) is 66.2 Å². The quantitative estimate of drug-likeness (QED) is 0.0514. The van der Waals surface area contributed by atoms with Crippen LogP contribution in [0.15, 0.2) is 80.8 Å². The predicted molar refractivity (Wildman–Crippen MR) is 228 cm³/mol. The fraction of sp³-hybridized carbons (Fsp3) is 0.500. The first kappa shape index (κ1) is 48.7. The van der Waals surface area contributed by atoms with Gasteiger partial charge in [-0.15, -0.1) is 0 Å². The lowest BCUT2D eigenvalue weighted by Gasteiger charge is -2.15. The lowest BCUT2D eigenvalue weighted by atomic mass is 10.2. The van der Waals surface area contributed by atoms with Gasteiger partial charge in [-0.3, -0.25) is 0 Å². The van der Waals surface area contributed by atoms with Crippen molar-refractivity contribution in [2.24, 2.45) is 0 Å². The number of hydrogen-bond acceptors (Lipinski definition) is 18. The Morgan fingerprint density at radius 2 is 0.950 bits per heavy atom. The predicted octanol–water partition coefficient (Wildman–Crippen LogP) is 6.39. The van der Waals surface area contributed by atoms with Crippen LogP contribution in [0.4, 0.5) is 11.6 Å². The van der Waals surface area contributed by atoms with Crippen LogP contribution in [-0.4, -0.2) is 149 Å². The molecule has 1 aromatic heterocycles. The number of nitrogens with zero attached hydrogens (tertiary/aromatic N) is 3. The molecule has 4 rings (SSSR count). The van der Waals surface area contributed by atoms with E-state index in [1.165, 1.54) is 23.5 Å². The second-order valence-corrected chi connectivity index (χ2v) is 14.5. The minimum atomic E-state index is 0.309. The zero-order chi connectivity index (χ0) is 42.5. The molecule has 3 aromatic carbocycles. The monoisotopic (exact) mass is 874 g/mol. The number of methoxy groups -OCH3 is 4. The Morgan fingerprint density at radius 3 is 1.52 bits per heavy atom. The molecule has 0 radical (unpaired) electrons. The lowest BCUT2D eigenvalue weighted by Crippen LogP contribution is -2.12. The highest BCUT2D eigenvalue weighted by molar-refractivity contribution is 7.99. The Morgan fingerprint density at radius 1 is 0.450 bits per heavy atom. The van der Waals surface area contributed by atoms with Gasteiger partial charge in [0.05, 0.1) is 84.2 Å². The van der Waals surface area contributed by atoms with Crippen molar-refractivity contribution in [2.75, 3.05) is 139 Å². The molecule has 0 aliphatic rings. The lowest BCUT2D eigenvalue weighted by molar-refractivity contribution is 0.0498. The van der Waals surface area contributed by atoms with Gasteiger partial charge in [0.15, 0.2) is 21.8 Å². The van der Waals surface area contributed by atoms with Gasteiger partial charge < -0.3 is 62.2 Å². The minimum Gasteiger partial charge on any atom is -0.491 e. The van der Waals surface area contributed by atoms with Gasteiger partial charge in [0.2, 0.25) is 5.95 Å². The summed E-state index contributed by atoms with van der Waals surface area (Å²) in [4.78, 5) is 16.1. The molecule has 0 spiro atoms. The van der Waals surface area contributed by atoms with Crippen molar-refractivity contribution in [3.63, 3.8) is 0 Å². The van der Waals surface area contributed by atoms with Gasteiger partial charge in [0, 0.05) is 45.1 Å². The maximum Gasteiger partial charge on any atom is 0.232 e. The SMILES string of the molecule is COCCOCCOc1ccc(Sc2nc(Nc3ccc(C)cc3)nc(Sc3ccc(OCCOCCOC)c(OCCOCCOC)c3)n2)c(OCCOCCOC)c1. The Balaban J connectivity index is 1.58. The summed E-state index contributed by atoms with van der Waals surface area (Å²) in [6.07, 6.45) is 0. The Labute approximate surface area is 361 Å². The number of anilines is 2. The smallest absolute Gasteiger partial charge is 0.232 e. The summed E-state index contributed by atoms with van der Waals surface area (Å²) in [5, 5.41) is 4.25.